The van der Waals surface area contributed by atoms with E-state index in [-0.39, 0.29) is 21.4 Å². The van der Waals surface area contributed by atoms with Crippen LogP contribution in [0.1, 0.15) is 29.8 Å². The van der Waals surface area contributed by atoms with Gasteiger partial charge in [-0.15, -0.1) is 0 Å². The number of nitrogens with zero attached hydrogens (tertiary/aromatic N) is 1. The zero-order valence-corrected chi connectivity index (χ0v) is 21.3. The van der Waals surface area contributed by atoms with Gasteiger partial charge in [0.1, 0.15) is 5.54 Å². The van der Waals surface area contributed by atoms with Crippen LogP contribution in [0.3, 0.4) is 0 Å². The minimum atomic E-state index is -1.34. The monoisotopic (exact) mass is 512 g/mol. The van der Waals surface area contributed by atoms with Crippen molar-refractivity contribution in [2.75, 3.05) is 29.6 Å². The molecule has 0 spiro atoms. The fourth-order valence-electron chi connectivity index (χ4n) is 3.39. The standard InChI is InChI=1S/C26H26Cl2N4O3/c1-16(33)26(2,31-24(34)23-21(27)6-5-7-22(23)28)17-8-10-18(11-9-17)29-25(35)30-19-12-14-20(15-13-19)32(3)4/h5-15H,1-4H3,(H,31,34)(H2,29,30,35)/t26-/m1/s1. The van der Waals surface area contributed by atoms with Crippen LogP contribution in [0.25, 0.3) is 0 Å². The zero-order chi connectivity index (χ0) is 25.8. The smallest absolute Gasteiger partial charge is 0.323 e. The van der Waals surface area contributed by atoms with E-state index in [2.05, 4.69) is 16.0 Å². The second kappa shape index (κ2) is 10.8. The normalized spacial score (nSPS) is 12.3. The van der Waals surface area contributed by atoms with E-state index in [1.807, 2.05) is 43.3 Å². The third kappa shape index (κ3) is 6.12. The highest BCUT2D eigenvalue weighted by atomic mass is 35.5. The van der Waals surface area contributed by atoms with E-state index >= 15 is 0 Å². The quantitative estimate of drug-likeness (QED) is 0.365. The Bertz CT molecular complexity index is 1220. The van der Waals surface area contributed by atoms with Gasteiger partial charge in [0.2, 0.25) is 0 Å². The predicted octanol–water partition coefficient (Wildman–Crippen LogP) is 5.94. The first-order valence-electron chi connectivity index (χ1n) is 10.7. The van der Waals surface area contributed by atoms with Crippen LogP contribution in [0.4, 0.5) is 21.9 Å². The SMILES string of the molecule is CC(=O)[C@@](C)(NC(=O)c1c(Cl)cccc1Cl)c1ccc(NC(=O)Nc2ccc(N(C)C)cc2)cc1. The molecule has 0 aliphatic rings. The molecule has 3 rings (SSSR count). The van der Waals surface area contributed by atoms with Crippen LogP contribution < -0.4 is 20.9 Å². The molecular weight excluding hydrogens is 487 g/mol. The number of urea groups is 1. The topological polar surface area (TPSA) is 90.5 Å². The van der Waals surface area contributed by atoms with Crippen LogP contribution in [-0.2, 0) is 10.3 Å². The molecule has 0 bridgehead atoms. The van der Waals surface area contributed by atoms with Crippen molar-refractivity contribution in [3.8, 4) is 0 Å². The van der Waals surface area contributed by atoms with Gasteiger partial charge in [0.15, 0.2) is 5.78 Å². The number of rotatable bonds is 7. The van der Waals surface area contributed by atoms with Crippen molar-refractivity contribution in [2.24, 2.45) is 0 Å². The van der Waals surface area contributed by atoms with Gasteiger partial charge in [0.05, 0.1) is 15.6 Å². The number of ketones is 1. The molecule has 0 aliphatic carbocycles. The Kier molecular flexibility index (Phi) is 8.04. The van der Waals surface area contributed by atoms with E-state index in [1.165, 1.54) is 6.92 Å². The van der Waals surface area contributed by atoms with Crippen LogP contribution in [0, 0.1) is 0 Å². The molecule has 182 valence electrons. The molecule has 7 nitrogen and oxygen atoms in total. The molecule has 0 fully saturated rings. The van der Waals surface area contributed by atoms with E-state index in [0.29, 0.717) is 16.9 Å². The Hall–Kier alpha value is -3.55. The molecule has 0 unspecified atom stereocenters. The maximum atomic E-state index is 12.9. The maximum Gasteiger partial charge on any atom is 0.323 e. The van der Waals surface area contributed by atoms with Crippen molar-refractivity contribution in [1.29, 1.82) is 0 Å². The van der Waals surface area contributed by atoms with Gasteiger partial charge in [-0.1, -0.05) is 41.4 Å². The lowest BCUT2D eigenvalue weighted by molar-refractivity contribution is -0.122. The molecular formula is C26H26Cl2N4O3. The summed E-state index contributed by atoms with van der Waals surface area (Å²) in [6, 6.07) is 18.4. The number of carbonyl (C=O) groups is 3. The van der Waals surface area contributed by atoms with E-state index in [0.717, 1.165) is 5.69 Å². The molecule has 3 aromatic carbocycles. The molecule has 1 atom stereocenters. The van der Waals surface area contributed by atoms with Crippen LogP contribution in [0.15, 0.2) is 66.7 Å². The molecule has 0 saturated heterocycles. The summed E-state index contributed by atoms with van der Waals surface area (Å²) >= 11 is 12.3. The van der Waals surface area contributed by atoms with Crippen molar-refractivity contribution in [3.05, 3.63) is 87.9 Å². The number of hydrogen-bond acceptors (Lipinski definition) is 4. The largest absolute Gasteiger partial charge is 0.378 e. The Labute approximate surface area is 214 Å². The van der Waals surface area contributed by atoms with Crippen molar-refractivity contribution < 1.29 is 14.4 Å². The molecule has 0 radical (unpaired) electrons. The summed E-state index contributed by atoms with van der Waals surface area (Å²) in [6.45, 7) is 2.99. The number of benzene rings is 3. The molecule has 3 N–H and O–H groups in total. The molecule has 35 heavy (non-hydrogen) atoms. The van der Waals surface area contributed by atoms with Crippen molar-refractivity contribution in [3.63, 3.8) is 0 Å². The minimum Gasteiger partial charge on any atom is -0.378 e. The predicted molar refractivity (Wildman–Crippen MR) is 142 cm³/mol. The lowest BCUT2D eigenvalue weighted by atomic mass is 9.87. The minimum absolute atomic E-state index is 0.0943. The lowest BCUT2D eigenvalue weighted by Gasteiger charge is -2.29. The summed E-state index contributed by atoms with van der Waals surface area (Å²) < 4.78 is 0. The third-order valence-electron chi connectivity index (χ3n) is 5.62. The van der Waals surface area contributed by atoms with E-state index < -0.39 is 17.5 Å². The van der Waals surface area contributed by atoms with Gasteiger partial charge in [-0.25, -0.2) is 4.79 Å². The molecule has 3 amide bonds. The van der Waals surface area contributed by atoms with Gasteiger partial charge in [0, 0.05) is 31.2 Å². The number of nitrogens with one attached hydrogen (secondary N) is 3. The van der Waals surface area contributed by atoms with E-state index in [1.54, 1.807) is 49.4 Å². The van der Waals surface area contributed by atoms with Crippen molar-refractivity contribution >= 4 is 58.0 Å². The molecule has 0 aliphatic heterocycles. The van der Waals surface area contributed by atoms with Crippen LogP contribution in [0.5, 0.6) is 0 Å². The number of hydrogen-bond donors (Lipinski definition) is 3. The van der Waals surface area contributed by atoms with Crippen LogP contribution in [-0.4, -0.2) is 31.8 Å². The Morgan fingerprint density at radius 2 is 1.29 bits per heavy atom. The van der Waals surface area contributed by atoms with Crippen molar-refractivity contribution in [1.82, 2.24) is 5.32 Å². The Balaban J connectivity index is 1.72. The summed E-state index contributed by atoms with van der Waals surface area (Å²) in [5, 5.41) is 8.64. The van der Waals surface area contributed by atoms with Gasteiger partial charge in [0.25, 0.3) is 5.91 Å². The molecule has 3 aromatic rings. The average Bonchev–Trinajstić information content (AvgIpc) is 2.79. The van der Waals surface area contributed by atoms with E-state index in [9.17, 15) is 14.4 Å². The van der Waals surface area contributed by atoms with Crippen molar-refractivity contribution in [2.45, 2.75) is 19.4 Å². The second-order valence-electron chi connectivity index (χ2n) is 8.33. The number of Topliss-reactive ketones (excluding diaryl/α,β-unsaturated/α-hetero) is 1. The fourth-order valence-corrected chi connectivity index (χ4v) is 3.96. The average molecular weight is 513 g/mol. The summed E-state index contributed by atoms with van der Waals surface area (Å²) in [7, 11) is 3.88. The highest BCUT2D eigenvalue weighted by Crippen LogP contribution is 2.28. The van der Waals surface area contributed by atoms with Gasteiger partial charge in [-0.2, -0.15) is 0 Å². The Morgan fingerprint density at radius 1 is 0.800 bits per heavy atom. The number of amides is 3. The van der Waals surface area contributed by atoms with E-state index in [4.69, 9.17) is 23.2 Å². The lowest BCUT2D eigenvalue weighted by Crippen LogP contribution is -2.48. The molecule has 0 heterocycles. The number of anilines is 3. The first-order valence-corrected chi connectivity index (χ1v) is 11.5. The zero-order valence-electron chi connectivity index (χ0n) is 19.8. The number of carbonyl (C=O) groups excluding carboxylic acids is 3. The van der Waals surface area contributed by atoms with Gasteiger partial charge < -0.3 is 20.9 Å². The van der Waals surface area contributed by atoms with Crippen LogP contribution >= 0.6 is 23.2 Å². The number of halogens is 2. The molecule has 9 heteroatoms. The molecule has 0 aromatic heterocycles. The summed E-state index contributed by atoms with van der Waals surface area (Å²) in [5.74, 6) is -0.853. The summed E-state index contributed by atoms with van der Waals surface area (Å²) in [4.78, 5) is 39.8. The highest BCUT2D eigenvalue weighted by molar-refractivity contribution is 6.39. The summed E-state index contributed by atoms with van der Waals surface area (Å²) in [5.41, 5.74) is 1.47. The summed E-state index contributed by atoms with van der Waals surface area (Å²) in [6.07, 6.45) is 0. The van der Waals surface area contributed by atoms with Gasteiger partial charge >= 0.3 is 6.03 Å². The maximum absolute atomic E-state index is 12.9. The fraction of sp³-hybridized carbons (Fsp3) is 0.192. The molecule has 0 saturated carbocycles. The second-order valence-corrected chi connectivity index (χ2v) is 9.14. The highest BCUT2D eigenvalue weighted by Gasteiger charge is 2.35. The first kappa shape index (κ1) is 26.1. The third-order valence-corrected chi connectivity index (χ3v) is 6.25. The first-order chi connectivity index (χ1) is 16.5. The van der Waals surface area contributed by atoms with Crippen LogP contribution in [0.2, 0.25) is 10.0 Å². The van der Waals surface area contributed by atoms with Gasteiger partial charge in [-0.05, 0) is 67.9 Å². The Morgan fingerprint density at radius 3 is 1.74 bits per heavy atom. The van der Waals surface area contributed by atoms with Gasteiger partial charge in [-0.3, -0.25) is 9.59 Å².